The molecule has 0 aliphatic rings. The molecule has 11 heteroatoms. The minimum absolute atomic E-state index is 0.0816. The number of carbonyl (C=O) groups excluding carboxylic acids is 2. The third-order valence-corrected chi connectivity index (χ3v) is 5.75. The number of nitro groups is 1. The zero-order valence-corrected chi connectivity index (χ0v) is 18.2. The molecule has 3 rings (SSSR count). The van der Waals surface area contributed by atoms with Crippen molar-refractivity contribution in [1.29, 1.82) is 0 Å². The van der Waals surface area contributed by atoms with Gasteiger partial charge in [0.2, 0.25) is 5.91 Å². The second-order valence-electron chi connectivity index (χ2n) is 6.94. The number of nitrogens with zero attached hydrogens (tertiary/aromatic N) is 3. The van der Waals surface area contributed by atoms with E-state index in [0.29, 0.717) is 22.5 Å². The van der Waals surface area contributed by atoms with Crippen LogP contribution in [0.25, 0.3) is 10.9 Å². The summed E-state index contributed by atoms with van der Waals surface area (Å²) < 4.78 is 1.58. The van der Waals surface area contributed by atoms with Crippen molar-refractivity contribution in [3.8, 4) is 0 Å². The van der Waals surface area contributed by atoms with E-state index in [1.54, 1.807) is 28.8 Å². The maximum atomic E-state index is 12.9. The van der Waals surface area contributed by atoms with Crippen molar-refractivity contribution < 1.29 is 14.5 Å². The highest BCUT2D eigenvalue weighted by Crippen LogP contribution is 2.22. The van der Waals surface area contributed by atoms with Crippen LogP contribution in [0, 0.1) is 10.1 Å². The molecule has 32 heavy (non-hydrogen) atoms. The fourth-order valence-electron chi connectivity index (χ4n) is 2.90. The van der Waals surface area contributed by atoms with E-state index >= 15 is 0 Å². The molecule has 0 saturated heterocycles. The predicted molar refractivity (Wildman–Crippen MR) is 120 cm³/mol. The van der Waals surface area contributed by atoms with E-state index in [4.69, 9.17) is 0 Å². The Labute approximate surface area is 187 Å². The van der Waals surface area contributed by atoms with Gasteiger partial charge in [-0.1, -0.05) is 30.8 Å². The first-order chi connectivity index (χ1) is 15.3. The van der Waals surface area contributed by atoms with Gasteiger partial charge in [0, 0.05) is 23.7 Å². The van der Waals surface area contributed by atoms with Gasteiger partial charge in [0.1, 0.15) is 0 Å². The van der Waals surface area contributed by atoms with Gasteiger partial charge in [0.25, 0.3) is 17.2 Å². The second-order valence-corrected chi connectivity index (χ2v) is 7.88. The summed E-state index contributed by atoms with van der Waals surface area (Å²) in [5.41, 5.74) is 4.95. The van der Waals surface area contributed by atoms with Crippen LogP contribution in [0.2, 0.25) is 0 Å². The van der Waals surface area contributed by atoms with Gasteiger partial charge in [0.15, 0.2) is 5.16 Å². The number of aromatic nitrogens is 2. The second kappa shape index (κ2) is 10.1. The van der Waals surface area contributed by atoms with Crippen LogP contribution in [0.1, 0.15) is 36.7 Å². The van der Waals surface area contributed by atoms with Gasteiger partial charge in [-0.3, -0.25) is 39.9 Å². The molecule has 2 aromatic carbocycles. The smallest absolute Gasteiger partial charge is 0.269 e. The molecule has 0 bridgehead atoms. The Morgan fingerprint density at radius 2 is 1.84 bits per heavy atom. The SMILES string of the molecule is CCC(C)n1c(SCC(=O)NNC(=O)c2ccc([N+](=O)[O-])cc2)nc2ccccc2c1=O. The number of non-ortho nitro benzene ring substituents is 1. The molecular formula is C21H21N5O5S. The van der Waals surface area contributed by atoms with Crippen LogP contribution in [0.4, 0.5) is 5.69 Å². The lowest BCUT2D eigenvalue weighted by Gasteiger charge is -2.18. The number of thioether (sulfide) groups is 1. The highest BCUT2D eigenvalue weighted by atomic mass is 32.2. The van der Waals surface area contributed by atoms with Crippen LogP contribution in [-0.4, -0.2) is 32.0 Å². The molecule has 10 nitrogen and oxygen atoms in total. The van der Waals surface area contributed by atoms with Gasteiger partial charge < -0.3 is 0 Å². The number of nitro benzene ring substituents is 1. The maximum Gasteiger partial charge on any atom is 0.269 e. The number of hydrogen-bond donors (Lipinski definition) is 2. The number of carbonyl (C=O) groups is 2. The zero-order valence-electron chi connectivity index (χ0n) is 17.4. The van der Waals surface area contributed by atoms with E-state index in [9.17, 15) is 24.5 Å². The average Bonchev–Trinajstić information content (AvgIpc) is 2.80. The van der Waals surface area contributed by atoms with Gasteiger partial charge in [0.05, 0.1) is 21.6 Å². The molecule has 1 aromatic heterocycles. The fraction of sp³-hybridized carbons (Fsp3) is 0.238. The Balaban J connectivity index is 1.67. The zero-order chi connectivity index (χ0) is 23.3. The Morgan fingerprint density at radius 1 is 1.16 bits per heavy atom. The molecular weight excluding hydrogens is 434 g/mol. The lowest BCUT2D eigenvalue weighted by Crippen LogP contribution is -2.42. The van der Waals surface area contributed by atoms with Crippen molar-refractivity contribution in [3.63, 3.8) is 0 Å². The molecule has 0 spiro atoms. The average molecular weight is 455 g/mol. The summed E-state index contributed by atoms with van der Waals surface area (Å²) in [5, 5.41) is 11.6. The summed E-state index contributed by atoms with van der Waals surface area (Å²) >= 11 is 1.09. The van der Waals surface area contributed by atoms with Crippen LogP contribution in [0.3, 0.4) is 0 Å². The number of hydrogen-bond acceptors (Lipinski definition) is 7. The number of nitrogens with one attached hydrogen (secondary N) is 2. The molecule has 0 radical (unpaired) electrons. The normalized spacial score (nSPS) is 11.7. The van der Waals surface area contributed by atoms with Crippen molar-refractivity contribution in [2.75, 3.05) is 5.75 Å². The third-order valence-electron chi connectivity index (χ3n) is 4.80. The van der Waals surface area contributed by atoms with Crippen molar-refractivity contribution >= 4 is 40.2 Å². The van der Waals surface area contributed by atoms with E-state index < -0.39 is 16.7 Å². The monoisotopic (exact) mass is 455 g/mol. The molecule has 2 N–H and O–H groups in total. The summed E-state index contributed by atoms with van der Waals surface area (Å²) in [6.07, 6.45) is 0.713. The molecule has 1 unspecified atom stereocenters. The highest BCUT2D eigenvalue weighted by molar-refractivity contribution is 7.99. The number of benzene rings is 2. The topological polar surface area (TPSA) is 136 Å². The summed E-state index contributed by atoms with van der Waals surface area (Å²) in [5.74, 6) is -1.19. The number of rotatable bonds is 7. The minimum Gasteiger partial charge on any atom is -0.284 e. The van der Waals surface area contributed by atoms with Crippen LogP contribution >= 0.6 is 11.8 Å². The molecule has 0 aliphatic heterocycles. The first-order valence-corrected chi connectivity index (χ1v) is 10.8. The fourth-order valence-corrected chi connectivity index (χ4v) is 3.80. The number of fused-ring (bicyclic) bond motifs is 1. The molecule has 2 amide bonds. The Hall–Kier alpha value is -3.73. The largest absolute Gasteiger partial charge is 0.284 e. The number of para-hydroxylation sites is 1. The number of amides is 2. The molecule has 1 atom stereocenters. The third kappa shape index (κ3) is 5.11. The summed E-state index contributed by atoms with van der Waals surface area (Å²) in [7, 11) is 0. The molecule has 166 valence electrons. The summed E-state index contributed by atoms with van der Waals surface area (Å²) in [6.45, 7) is 3.87. The van der Waals surface area contributed by atoms with Crippen LogP contribution in [0.5, 0.6) is 0 Å². The van der Waals surface area contributed by atoms with Crippen molar-refractivity contribution in [1.82, 2.24) is 20.4 Å². The van der Waals surface area contributed by atoms with Crippen LogP contribution < -0.4 is 16.4 Å². The Bertz CT molecular complexity index is 1230. The first-order valence-electron chi connectivity index (χ1n) is 9.79. The number of hydrazine groups is 1. The van der Waals surface area contributed by atoms with Gasteiger partial charge >= 0.3 is 0 Å². The van der Waals surface area contributed by atoms with E-state index in [2.05, 4.69) is 15.8 Å². The molecule has 0 aliphatic carbocycles. The van der Waals surface area contributed by atoms with E-state index in [0.717, 1.165) is 11.8 Å². The van der Waals surface area contributed by atoms with Crippen LogP contribution in [0.15, 0.2) is 58.5 Å². The highest BCUT2D eigenvalue weighted by Gasteiger charge is 2.17. The van der Waals surface area contributed by atoms with Gasteiger partial charge in [-0.15, -0.1) is 0 Å². The van der Waals surface area contributed by atoms with Crippen molar-refractivity contribution in [3.05, 3.63) is 74.6 Å². The molecule has 0 saturated carbocycles. The van der Waals surface area contributed by atoms with Crippen LogP contribution in [-0.2, 0) is 4.79 Å². The first kappa shape index (κ1) is 22.9. The standard InChI is InChI=1S/C21H21N5O5S/c1-3-13(2)25-20(29)16-6-4-5-7-17(16)22-21(25)32-12-18(27)23-24-19(28)14-8-10-15(11-9-14)26(30)31/h4-11,13H,3,12H2,1-2H3,(H,23,27)(H,24,28). The van der Waals surface area contributed by atoms with Crippen molar-refractivity contribution in [2.45, 2.75) is 31.5 Å². The molecule has 0 fully saturated rings. The Kier molecular flexibility index (Phi) is 7.21. The van der Waals surface area contributed by atoms with E-state index in [1.807, 2.05) is 13.8 Å². The molecule has 3 aromatic rings. The van der Waals surface area contributed by atoms with E-state index in [-0.39, 0.29) is 28.6 Å². The summed E-state index contributed by atoms with van der Waals surface area (Å²) in [6, 6.07) is 11.9. The predicted octanol–water partition coefficient (Wildman–Crippen LogP) is 2.83. The maximum absolute atomic E-state index is 12.9. The lowest BCUT2D eigenvalue weighted by atomic mass is 10.2. The van der Waals surface area contributed by atoms with E-state index in [1.165, 1.54) is 24.3 Å². The van der Waals surface area contributed by atoms with Gasteiger partial charge in [-0.25, -0.2) is 4.98 Å². The molecule has 1 heterocycles. The van der Waals surface area contributed by atoms with Gasteiger partial charge in [-0.05, 0) is 37.6 Å². The Morgan fingerprint density at radius 3 is 2.50 bits per heavy atom. The summed E-state index contributed by atoms with van der Waals surface area (Å²) in [4.78, 5) is 52.0. The quantitative estimate of drug-likeness (QED) is 0.242. The van der Waals surface area contributed by atoms with Crippen molar-refractivity contribution in [2.24, 2.45) is 0 Å². The minimum atomic E-state index is -0.612. The lowest BCUT2D eigenvalue weighted by molar-refractivity contribution is -0.384. The van der Waals surface area contributed by atoms with Gasteiger partial charge in [-0.2, -0.15) is 0 Å².